The van der Waals surface area contributed by atoms with Crippen LogP contribution in [-0.4, -0.2) is 14.5 Å². The van der Waals surface area contributed by atoms with E-state index in [9.17, 15) is 0 Å². The van der Waals surface area contributed by atoms with Gasteiger partial charge in [-0.25, -0.2) is 9.97 Å². The molecule has 1 aliphatic rings. The Morgan fingerprint density at radius 1 is 1.39 bits per heavy atom. The van der Waals surface area contributed by atoms with E-state index in [2.05, 4.69) is 21.5 Å². The average molecular weight is 244 g/mol. The monoisotopic (exact) mass is 244 g/mol. The van der Waals surface area contributed by atoms with E-state index in [1.807, 2.05) is 19.1 Å². The van der Waals surface area contributed by atoms with Crippen molar-refractivity contribution in [3.8, 4) is 0 Å². The van der Waals surface area contributed by atoms with Crippen molar-refractivity contribution in [1.82, 2.24) is 14.5 Å². The number of fused-ring (bicyclic) bond motifs is 1. The molecule has 18 heavy (non-hydrogen) atoms. The minimum Gasteiger partial charge on any atom is -0.369 e. The molecule has 0 aliphatic heterocycles. The van der Waals surface area contributed by atoms with Crippen LogP contribution < -0.4 is 5.73 Å². The lowest BCUT2D eigenvalue weighted by Gasteiger charge is -2.18. The highest BCUT2D eigenvalue weighted by atomic mass is 15.2. The van der Waals surface area contributed by atoms with Crippen LogP contribution in [0.25, 0.3) is 11.2 Å². The van der Waals surface area contributed by atoms with Crippen molar-refractivity contribution in [2.75, 3.05) is 5.73 Å². The van der Waals surface area contributed by atoms with Crippen LogP contribution >= 0.6 is 0 Å². The van der Waals surface area contributed by atoms with Gasteiger partial charge in [0.1, 0.15) is 5.52 Å². The number of hydrogen-bond acceptors (Lipinski definition) is 3. The Morgan fingerprint density at radius 2 is 2.17 bits per heavy atom. The highest BCUT2D eigenvalue weighted by Crippen LogP contribution is 2.39. The van der Waals surface area contributed by atoms with Crippen LogP contribution in [0.4, 0.5) is 5.95 Å². The molecule has 1 saturated carbocycles. The van der Waals surface area contributed by atoms with Gasteiger partial charge in [-0.2, -0.15) is 0 Å². The average Bonchev–Trinajstić information content (AvgIpc) is 3.10. The van der Waals surface area contributed by atoms with E-state index in [1.165, 1.54) is 19.3 Å². The lowest BCUT2D eigenvalue weighted by Crippen LogP contribution is -2.12. The summed E-state index contributed by atoms with van der Waals surface area (Å²) in [6.07, 6.45) is 5.04. The summed E-state index contributed by atoms with van der Waals surface area (Å²) in [5.74, 6) is 1.49. The molecule has 1 aliphatic carbocycles. The Balaban J connectivity index is 2.07. The first kappa shape index (κ1) is 11.5. The zero-order chi connectivity index (χ0) is 12.7. The van der Waals surface area contributed by atoms with E-state index in [-0.39, 0.29) is 0 Å². The first-order chi connectivity index (χ1) is 8.69. The van der Waals surface area contributed by atoms with Crippen LogP contribution in [0.5, 0.6) is 0 Å². The molecule has 0 aromatic carbocycles. The fourth-order valence-corrected chi connectivity index (χ4v) is 2.64. The van der Waals surface area contributed by atoms with Crippen molar-refractivity contribution in [2.24, 2.45) is 5.92 Å². The summed E-state index contributed by atoms with van der Waals surface area (Å²) in [6.45, 7) is 4.23. The Morgan fingerprint density at radius 3 is 2.83 bits per heavy atom. The molecular weight excluding hydrogens is 224 g/mol. The maximum absolute atomic E-state index is 6.09. The predicted molar refractivity (Wildman–Crippen MR) is 73.3 cm³/mol. The van der Waals surface area contributed by atoms with Gasteiger partial charge < -0.3 is 5.73 Å². The summed E-state index contributed by atoms with van der Waals surface area (Å²) in [6, 6.07) is 4.44. The Labute approximate surface area is 107 Å². The minimum atomic E-state index is 0.441. The molecule has 4 heteroatoms. The van der Waals surface area contributed by atoms with Gasteiger partial charge in [0.2, 0.25) is 5.95 Å². The van der Waals surface area contributed by atoms with Crippen LogP contribution in [0.1, 0.15) is 44.3 Å². The highest BCUT2D eigenvalue weighted by Gasteiger charge is 2.27. The van der Waals surface area contributed by atoms with Gasteiger partial charge in [0.25, 0.3) is 0 Å². The van der Waals surface area contributed by atoms with Crippen LogP contribution in [0.15, 0.2) is 12.1 Å². The van der Waals surface area contributed by atoms with Gasteiger partial charge >= 0.3 is 0 Å². The number of anilines is 1. The van der Waals surface area contributed by atoms with Gasteiger partial charge in [-0.05, 0) is 37.8 Å². The minimum absolute atomic E-state index is 0.441. The van der Waals surface area contributed by atoms with Gasteiger partial charge in [-0.1, -0.05) is 19.8 Å². The summed E-state index contributed by atoms with van der Waals surface area (Å²) in [7, 11) is 0. The predicted octanol–water partition coefficient (Wildman–Crippen LogP) is 3.07. The van der Waals surface area contributed by atoms with Crippen LogP contribution in [0.2, 0.25) is 0 Å². The molecule has 1 fully saturated rings. The quantitative estimate of drug-likeness (QED) is 0.899. The molecule has 1 atom stereocenters. The number of rotatable bonds is 4. The third-order valence-electron chi connectivity index (χ3n) is 3.84. The number of imidazole rings is 1. The molecule has 4 nitrogen and oxygen atoms in total. The zero-order valence-corrected chi connectivity index (χ0v) is 11.1. The van der Waals surface area contributed by atoms with Crippen molar-refractivity contribution < 1.29 is 0 Å². The van der Waals surface area contributed by atoms with Crippen molar-refractivity contribution >= 4 is 17.1 Å². The second kappa shape index (κ2) is 4.26. The lowest BCUT2D eigenvalue weighted by atomic mass is 10.1. The van der Waals surface area contributed by atoms with Gasteiger partial charge in [-0.3, -0.25) is 4.57 Å². The fraction of sp³-hybridized carbons (Fsp3) is 0.571. The van der Waals surface area contributed by atoms with Gasteiger partial charge in [0, 0.05) is 11.7 Å². The number of aromatic nitrogens is 3. The topological polar surface area (TPSA) is 56.7 Å². The second-order valence-electron chi connectivity index (χ2n) is 5.38. The number of nitrogens with two attached hydrogens (primary N) is 1. The largest absolute Gasteiger partial charge is 0.369 e. The van der Waals surface area contributed by atoms with Crippen molar-refractivity contribution in [2.45, 2.75) is 45.6 Å². The molecule has 2 aromatic rings. The zero-order valence-electron chi connectivity index (χ0n) is 11.1. The standard InChI is InChI=1S/C14H20N4/c1-3-11(8-10-5-6-10)18-13-12(17-14(18)15)7-4-9(2)16-13/h4,7,10-11H,3,5-6,8H2,1-2H3,(H2,15,17). The van der Waals surface area contributed by atoms with E-state index in [0.29, 0.717) is 12.0 Å². The Hall–Kier alpha value is -1.58. The van der Waals surface area contributed by atoms with Gasteiger partial charge in [0.15, 0.2) is 5.65 Å². The molecule has 0 radical (unpaired) electrons. The maximum Gasteiger partial charge on any atom is 0.202 e. The maximum atomic E-state index is 6.09. The van der Waals surface area contributed by atoms with E-state index < -0.39 is 0 Å². The smallest absolute Gasteiger partial charge is 0.202 e. The Bertz CT molecular complexity index is 568. The lowest BCUT2D eigenvalue weighted by molar-refractivity contribution is 0.440. The number of hydrogen-bond donors (Lipinski definition) is 1. The second-order valence-corrected chi connectivity index (χ2v) is 5.38. The molecule has 1 unspecified atom stereocenters. The summed E-state index contributed by atoms with van der Waals surface area (Å²) >= 11 is 0. The third-order valence-corrected chi connectivity index (χ3v) is 3.84. The van der Waals surface area contributed by atoms with Crippen LogP contribution in [0, 0.1) is 12.8 Å². The summed E-state index contributed by atoms with van der Waals surface area (Å²) < 4.78 is 2.14. The molecule has 2 aromatic heterocycles. The molecule has 0 amide bonds. The molecule has 0 bridgehead atoms. The molecule has 0 spiro atoms. The first-order valence-corrected chi connectivity index (χ1v) is 6.80. The molecule has 2 heterocycles. The first-order valence-electron chi connectivity index (χ1n) is 6.80. The number of nitrogens with zero attached hydrogens (tertiary/aromatic N) is 3. The molecular formula is C14H20N4. The SMILES string of the molecule is CCC(CC1CC1)n1c(N)nc2ccc(C)nc21. The van der Waals surface area contributed by atoms with E-state index in [4.69, 9.17) is 5.73 Å². The number of aryl methyl sites for hydroxylation is 1. The molecule has 3 rings (SSSR count). The Kier molecular flexibility index (Phi) is 2.73. The highest BCUT2D eigenvalue weighted by molar-refractivity contribution is 5.74. The molecule has 96 valence electrons. The fourth-order valence-electron chi connectivity index (χ4n) is 2.64. The number of nitrogen functional groups attached to an aromatic ring is 1. The van der Waals surface area contributed by atoms with E-state index in [0.717, 1.165) is 29.2 Å². The van der Waals surface area contributed by atoms with Crippen molar-refractivity contribution in [3.05, 3.63) is 17.8 Å². The van der Waals surface area contributed by atoms with Gasteiger partial charge in [0.05, 0.1) is 0 Å². The normalized spacial score (nSPS) is 17.2. The summed E-state index contributed by atoms with van der Waals surface area (Å²) in [5, 5.41) is 0. The van der Waals surface area contributed by atoms with Crippen molar-refractivity contribution in [1.29, 1.82) is 0 Å². The molecule has 0 saturated heterocycles. The van der Waals surface area contributed by atoms with E-state index >= 15 is 0 Å². The van der Waals surface area contributed by atoms with Crippen LogP contribution in [-0.2, 0) is 0 Å². The summed E-state index contributed by atoms with van der Waals surface area (Å²) in [4.78, 5) is 9.04. The summed E-state index contributed by atoms with van der Waals surface area (Å²) in [5.41, 5.74) is 8.96. The molecule has 2 N–H and O–H groups in total. The van der Waals surface area contributed by atoms with Crippen molar-refractivity contribution in [3.63, 3.8) is 0 Å². The van der Waals surface area contributed by atoms with E-state index in [1.54, 1.807) is 0 Å². The number of pyridine rings is 1. The van der Waals surface area contributed by atoms with Gasteiger partial charge in [-0.15, -0.1) is 0 Å². The van der Waals surface area contributed by atoms with Crippen LogP contribution in [0.3, 0.4) is 0 Å². The third kappa shape index (κ3) is 1.96.